The lowest BCUT2D eigenvalue weighted by molar-refractivity contribution is -0.120. The molecule has 0 saturated heterocycles. The second-order valence-corrected chi connectivity index (χ2v) is 6.38. The molecule has 0 spiro atoms. The fourth-order valence-corrected chi connectivity index (χ4v) is 3.28. The fourth-order valence-electron chi connectivity index (χ4n) is 2.26. The number of nitrogens with zero attached hydrogens (tertiary/aromatic N) is 1. The van der Waals surface area contributed by atoms with E-state index in [1.165, 1.54) is 10.6 Å². The van der Waals surface area contributed by atoms with E-state index < -0.39 is 0 Å². The minimum Gasteiger partial charge on any atom is -0.497 e. The van der Waals surface area contributed by atoms with Crippen molar-refractivity contribution in [1.82, 2.24) is 10.3 Å². The van der Waals surface area contributed by atoms with Crippen LogP contribution in [0.5, 0.6) is 5.75 Å². The summed E-state index contributed by atoms with van der Waals surface area (Å²) in [6, 6.07) is 7.58. The number of hydrogen-bond donors (Lipinski definition) is 1. The van der Waals surface area contributed by atoms with Gasteiger partial charge in [-0.1, -0.05) is 19.1 Å². The van der Waals surface area contributed by atoms with Crippen molar-refractivity contribution in [3.63, 3.8) is 0 Å². The summed E-state index contributed by atoms with van der Waals surface area (Å²) in [7, 11) is 1.62. The predicted octanol–water partition coefficient (Wildman–Crippen LogP) is 2.92. The Morgan fingerprint density at radius 3 is 2.91 bits per heavy atom. The maximum Gasteiger partial charge on any atom is 0.224 e. The average molecular weight is 318 g/mol. The highest BCUT2D eigenvalue weighted by Crippen LogP contribution is 2.18. The number of benzene rings is 1. The summed E-state index contributed by atoms with van der Waals surface area (Å²) in [4.78, 5) is 17.8. The smallest absolute Gasteiger partial charge is 0.224 e. The molecule has 0 fully saturated rings. The van der Waals surface area contributed by atoms with Crippen LogP contribution < -0.4 is 10.1 Å². The van der Waals surface area contributed by atoms with Gasteiger partial charge in [-0.3, -0.25) is 4.79 Å². The summed E-state index contributed by atoms with van der Waals surface area (Å²) in [6.07, 6.45) is 2.12. The van der Waals surface area contributed by atoms with Crippen LogP contribution in [0.15, 0.2) is 24.3 Å². The van der Waals surface area contributed by atoms with Crippen molar-refractivity contribution in [2.45, 2.75) is 33.1 Å². The molecule has 2 rings (SSSR count). The summed E-state index contributed by atoms with van der Waals surface area (Å²) in [5, 5.41) is 4.04. The van der Waals surface area contributed by atoms with Crippen molar-refractivity contribution < 1.29 is 9.53 Å². The molecule has 2 aromatic rings. The van der Waals surface area contributed by atoms with Crippen LogP contribution in [0.25, 0.3) is 0 Å². The summed E-state index contributed by atoms with van der Waals surface area (Å²) in [6.45, 7) is 4.84. The highest BCUT2D eigenvalue weighted by Gasteiger charge is 2.07. The van der Waals surface area contributed by atoms with E-state index in [2.05, 4.69) is 24.1 Å². The molecule has 5 heteroatoms. The van der Waals surface area contributed by atoms with Gasteiger partial charge in [-0.15, -0.1) is 11.3 Å². The molecule has 0 aliphatic carbocycles. The Balaban J connectivity index is 1.79. The maximum atomic E-state index is 12.0. The molecule has 1 amide bonds. The van der Waals surface area contributed by atoms with Crippen molar-refractivity contribution in [3.05, 3.63) is 45.4 Å². The lowest BCUT2D eigenvalue weighted by Crippen LogP contribution is -2.27. The largest absolute Gasteiger partial charge is 0.497 e. The molecule has 1 N–H and O–H groups in total. The second kappa shape index (κ2) is 7.94. The zero-order valence-corrected chi connectivity index (χ0v) is 14.1. The lowest BCUT2D eigenvalue weighted by atomic mass is 10.1. The molecule has 0 radical (unpaired) electrons. The summed E-state index contributed by atoms with van der Waals surface area (Å²) in [5.74, 6) is 0.799. The van der Waals surface area contributed by atoms with Gasteiger partial charge in [-0.05, 0) is 31.0 Å². The van der Waals surface area contributed by atoms with E-state index in [4.69, 9.17) is 4.74 Å². The van der Waals surface area contributed by atoms with E-state index in [-0.39, 0.29) is 5.91 Å². The predicted molar refractivity (Wildman–Crippen MR) is 89.6 cm³/mol. The number of carbonyl (C=O) groups excluding carboxylic acids is 1. The van der Waals surface area contributed by atoms with Crippen molar-refractivity contribution in [2.24, 2.45) is 0 Å². The third kappa shape index (κ3) is 4.56. The Labute approximate surface area is 135 Å². The summed E-state index contributed by atoms with van der Waals surface area (Å²) in [5.41, 5.74) is 2.12. The number of thiazole rings is 1. The highest BCUT2D eigenvalue weighted by molar-refractivity contribution is 7.11. The molecule has 0 aliphatic heterocycles. The van der Waals surface area contributed by atoms with E-state index in [1.54, 1.807) is 18.4 Å². The number of carbonyl (C=O) groups is 1. The molecule has 1 aromatic heterocycles. The second-order valence-electron chi connectivity index (χ2n) is 5.09. The number of hydrogen-bond acceptors (Lipinski definition) is 4. The minimum absolute atomic E-state index is 0.0252. The molecule has 0 unspecified atom stereocenters. The Bertz CT molecular complexity index is 637. The van der Waals surface area contributed by atoms with Crippen LogP contribution in [-0.4, -0.2) is 24.5 Å². The molecule has 118 valence electrons. The van der Waals surface area contributed by atoms with Crippen molar-refractivity contribution in [1.29, 1.82) is 0 Å². The van der Waals surface area contributed by atoms with Crippen LogP contribution in [0.4, 0.5) is 0 Å². The quantitative estimate of drug-likeness (QED) is 0.854. The molecule has 22 heavy (non-hydrogen) atoms. The standard InChI is InChI=1S/C17H22N2O2S/c1-4-15-12(2)22-17(19-15)8-9-18-16(20)11-13-6-5-7-14(10-13)21-3/h5-7,10H,4,8-9,11H2,1-3H3,(H,18,20). The Morgan fingerprint density at radius 1 is 1.41 bits per heavy atom. The highest BCUT2D eigenvalue weighted by atomic mass is 32.1. The SMILES string of the molecule is CCc1nc(CCNC(=O)Cc2cccc(OC)c2)sc1C. The summed E-state index contributed by atoms with van der Waals surface area (Å²) < 4.78 is 5.16. The van der Waals surface area contributed by atoms with Crippen LogP contribution in [-0.2, 0) is 24.1 Å². The van der Waals surface area contributed by atoms with Gasteiger partial charge in [0, 0.05) is 17.8 Å². The third-order valence-electron chi connectivity index (χ3n) is 3.43. The van der Waals surface area contributed by atoms with Gasteiger partial charge in [0.25, 0.3) is 0 Å². The van der Waals surface area contributed by atoms with Crippen molar-refractivity contribution >= 4 is 17.2 Å². The van der Waals surface area contributed by atoms with Crippen LogP contribution in [0, 0.1) is 6.92 Å². The number of ether oxygens (including phenoxy) is 1. The molecular formula is C17H22N2O2S. The summed E-state index contributed by atoms with van der Waals surface area (Å²) >= 11 is 1.72. The van der Waals surface area contributed by atoms with Gasteiger partial charge < -0.3 is 10.1 Å². The maximum absolute atomic E-state index is 12.0. The first-order valence-corrected chi connectivity index (χ1v) is 8.28. The molecule has 4 nitrogen and oxygen atoms in total. The number of aromatic nitrogens is 1. The lowest BCUT2D eigenvalue weighted by Gasteiger charge is -2.06. The minimum atomic E-state index is 0.0252. The first kappa shape index (κ1) is 16.5. The van der Waals surface area contributed by atoms with Gasteiger partial charge in [0.1, 0.15) is 5.75 Å². The first-order chi connectivity index (χ1) is 10.6. The number of amides is 1. The van der Waals surface area contributed by atoms with Gasteiger partial charge in [0.2, 0.25) is 5.91 Å². The molecule has 0 atom stereocenters. The number of methoxy groups -OCH3 is 1. The third-order valence-corrected chi connectivity index (χ3v) is 4.50. The van der Waals surface area contributed by atoms with E-state index in [1.807, 2.05) is 24.3 Å². The van der Waals surface area contributed by atoms with E-state index in [9.17, 15) is 4.79 Å². The molecule has 0 saturated carbocycles. The normalized spacial score (nSPS) is 10.5. The number of nitrogens with one attached hydrogen (secondary N) is 1. The van der Waals surface area contributed by atoms with Gasteiger partial charge in [0.15, 0.2) is 0 Å². The van der Waals surface area contributed by atoms with Crippen LogP contribution in [0.2, 0.25) is 0 Å². The van der Waals surface area contributed by atoms with Crippen LogP contribution in [0.3, 0.4) is 0 Å². The number of aryl methyl sites for hydroxylation is 2. The van der Waals surface area contributed by atoms with Crippen LogP contribution >= 0.6 is 11.3 Å². The van der Waals surface area contributed by atoms with E-state index >= 15 is 0 Å². The van der Waals surface area contributed by atoms with E-state index in [0.717, 1.165) is 29.2 Å². The van der Waals surface area contributed by atoms with Gasteiger partial charge in [-0.2, -0.15) is 0 Å². The molecule has 0 bridgehead atoms. The van der Waals surface area contributed by atoms with Gasteiger partial charge >= 0.3 is 0 Å². The Hall–Kier alpha value is -1.88. The topological polar surface area (TPSA) is 51.2 Å². The molecule has 0 aliphatic rings. The van der Waals surface area contributed by atoms with E-state index in [0.29, 0.717) is 13.0 Å². The fraction of sp³-hybridized carbons (Fsp3) is 0.412. The molecule has 1 aromatic carbocycles. The Morgan fingerprint density at radius 2 is 2.23 bits per heavy atom. The monoisotopic (exact) mass is 318 g/mol. The average Bonchev–Trinajstić information content (AvgIpc) is 2.87. The van der Waals surface area contributed by atoms with Crippen LogP contribution in [0.1, 0.15) is 28.1 Å². The zero-order valence-electron chi connectivity index (χ0n) is 13.3. The van der Waals surface area contributed by atoms with Gasteiger partial charge in [-0.25, -0.2) is 4.98 Å². The zero-order chi connectivity index (χ0) is 15.9. The first-order valence-electron chi connectivity index (χ1n) is 7.47. The molecular weight excluding hydrogens is 296 g/mol. The van der Waals surface area contributed by atoms with Crippen molar-refractivity contribution in [2.75, 3.05) is 13.7 Å². The van der Waals surface area contributed by atoms with Gasteiger partial charge in [0.05, 0.1) is 24.2 Å². The number of rotatable bonds is 7. The Kier molecular flexibility index (Phi) is 5.95. The van der Waals surface area contributed by atoms with Crippen molar-refractivity contribution in [3.8, 4) is 5.75 Å². The molecule has 1 heterocycles.